The number of unbranched alkanes of at least 4 members (excludes halogenated alkanes) is 7. The largest absolute Gasteiger partial charge is 0.423 e. The molecule has 35 heavy (non-hydrogen) atoms. The Balaban J connectivity index is 1.53. The molecule has 0 unspecified atom stereocenters. The molecular formula is C30H37FN2O2. The normalized spacial score (nSPS) is 10.9. The van der Waals surface area contributed by atoms with E-state index in [0.717, 1.165) is 37.7 Å². The van der Waals surface area contributed by atoms with E-state index in [0.29, 0.717) is 11.4 Å². The zero-order valence-electron chi connectivity index (χ0n) is 21.1. The summed E-state index contributed by atoms with van der Waals surface area (Å²) >= 11 is 0. The van der Waals surface area contributed by atoms with Gasteiger partial charge in [0.1, 0.15) is 11.6 Å². The van der Waals surface area contributed by atoms with E-state index in [2.05, 4.69) is 23.8 Å². The molecule has 0 aliphatic heterocycles. The fraction of sp³-hybridized carbons (Fsp3) is 0.433. The quantitative estimate of drug-likeness (QED) is 0.134. The summed E-state index contributed by atoms with van der Waals surface area (Å²) in [5, 5.41) is 0. The Labute approximate surface area is 209 Å². The first-order valence-corrected chi connectivity index (χ1v) is 13.0. The average Bonchev–Trinajstić information content (AvgIpc) is 2.87. The van der Waals surface area contributed by atoms with Gasteiger partial charge in [-0.25, -0.2) is 19.2 Å². The summed E-state index contributed by atoms with van der Waals surface area (Å²) in [6.07, 6.45) is 16.4. The van der Waals surface area contributed by atoms with Gasteiger partial charge in [0.2, 0.25) is 0 Å². The number of esters is 1. The summed E-state index contributed by atoms with van der Waals surface area (Å²) in [5.41, 5.74) is 2.99. The first-order chi connectivity index (χ1) is 17.1. The van der Waals surface area contributed by atoms with Crippen molar-refractivity contribution in [2.75, 3.05) is 0 Å². The number of ether oxygens (including phenoxy) is 1. The third kappa shape index (κ3) is 8.57. The molecule has 0 aliphatic carbocycles. The first-order valence-electron chi connectivity index (χ1n) is 13.0. The summed E-state index contributed by atoms with van der Waals surface area (Å²) in [7, 11) is 0. The number of carbonyl (C=O) groups excluding carboxylic acids is 1. The van der Waals surface area contributed by atoms with Crippen LogP contribution in [0.1, 0.15) is 93.1 Å². The van der Waals surface area contributed by atoms with Crippen molar-refractivity contribution >= 4 is 5.97 Å². The fourth-order valence-corrected chi connectivity index (χ4v) is 4.03. The molecule has 1 heterocycles. The molecule has 3 aromatic rings. The zero-order valence-corrected chi connectivity index (χ0v) is 21.1. The second kappa shape index (κ2) is 14.3. The third-order valence-electron chi connectivity index (χ3n) is 6.17. The second-order valence-corrected chi connectivity index (χ2v) is 9.12. The highest BCUT2D eigenvalue weighted by Gasteiger charge is 2.13. The molecule has 0 fully saturated rings. The van der Waals surface area contributed by atoms with Crippen molar-refractivity contribution in [1.82, 2.24) is 9.97 Å². The van der Waals surface area contributed by atoms with Gasteiger partial charge in [-0.1, -0.05) is 70.9 Å². The van der Waals surface area contributed by atoms with Crippen molar-refractivity contribution in [3.05, 3.63) is 77.4 Å². The van der Waals surface area contributed by atoms with E-state index in [1.165, 1.54) is 50.2 Å². The van der Waals surface area contributed by atoms with E-state index in [9.17, 15) is 9.18 Å². The number of carbonyl (C=O) groups is 1. The van der Waals surface area contributed by atoms with Crippen molar-refractivity contribution in [2.45, 2.75) is 84.5 Å². The van der Waals surface area contributed by atoms with Crippen LogP contribution in [0.4, 0.5) is 4.39 Å². The number of aryl methyl sites for hydroxylation is 2. The molecule has 0 atom stereocenters. The Hall–Kier alpha value is -3.08. The monoisotopic (exact) mass is 476 g/mol. The lowest BCUT2D eigenvalue weighted by molar-refractivity contribution is 0.0734. The Morgan fingerprint density at radius 1 is 0.771 bits per heavy atom. The summed E-state index contributed by atoms with van der Waals surface area (Å²) in [6, 6.07) is 11.8. The van der Waals surface area contributed by atoms with Crippen LogP contribution in [0, 0.1) is 5.82 Å². The highest BCUT2D eigenvalue weighted by Crippen LogP contribution is 2.24. The lowest BCUT2D eigenvalue weighted by Crippen LogP contribution is -2.09. The van der Waals surface area contributed by atoms with Gasteiger partial charge in [-0.2, -0.15) is 0 Å². The first kappa shape index (κ1) is 26.5. The van der Waals surface area contributed by atoms with Crippen molar-refractivity contribution in [2.24, 2.45) is 0 Å². The number of nitrogens with zero attached hydrogens (tertiary/aromatic N) is 2. The highest BCUT2D eigenvalue weighted by molar-refractivity contribution is 5.91. The molecule has 0 saturated heterocycles. The maximum absolute atomic E-state index is 14.7. The molecule has 0 saturated carbocycles. The van der Waals surface area contributed by atoms with Gasteiger partial charge in [0.05, 0.1) is 11.1 Å². The Bertz CT molecular complexity index is 1050. The van der Waals surface area contributed by atoms with E-state index in [4.69, 9.17) is 4.74 Å². The third-order valence-corrected chi connectivity index (χ3v) is 6.17. The Morgan fingerprint density at radius 3 is 2.06 bits per heavy atom. The minimum Gasteiger partial charge on any atom is -0.423 e. The van der Waals surface area contributed by atoms with Crippen LogP contribution in [-0.2, 0) is 12.8 Å². The van der Waals surface area contributed by atoms with Crippen molar-refractivity contribution in [3.8, 4) is 17.1 Å². The van der Waals surface area contributed by atoms with Crippen LogP contribution < -0.4 is 4.74 Å². The molecule has 0 bridgehead atoms. The number of rotatable bonds is 14. The maximum Gasteiger partial charge on any atom is 0.343 e. The Morgan fingerprint density at radius 2 is 1.37 bits per heavy atom. The smallest absolute Gasteiger partial charge is 0.343 e. The molecule has 4 nitrogen and oxygen atoms in total. The zero-order chi connectivity index (χ0) is 24.9. The number of hydrogen-bond donors (Lipinski definition) is 0. The van der Waals surface area contributed by atoms with Gasteiger partial charge in [0, 0.05) is 18.5 Å². The van der Waals surface area contributed by atoms with Gasteiger partial charge >= 0.3 is 5.97 Å². The van der Waals surface area contributed by atoms with Crippen molar-refractivity contribution in [1.29, 1.82) is 0 Å². The van der Waals surface area contributed by atoms with E-state index in [-0.39, 0.29) is 11.3 Å². The van der Waals surface area contributed by atoms with E-state index < -0.39 is 11.8 Å². The summed E-state index contributed by atoms with van der Waals surface area (Å²) < 4.78 is 20.1. The minimum absolute atomic E-state index is 0.156. The number of benzene rings is 2. The molecule has 5 heteroatoms. The Kier molecular flexibility index (Phi) is 10.9. The number of aromatic nitrogens is 2. The van der Waals surface area contributed by atoms with Crippen LogP contribution in [0.2, 0.25) is 0 Å². The van der Waals surface area contributed by atoms with Crippen LogP contribution in [0.3, 0.4) is 0 Å². The van der Waals surface area contributed by atoms with Gasteiger partial charge < -0.3 is 4.74 Å². The van der Waals surface area contributed by atoms with Crippen LogP contribution in [0.15, 0.2) is 54.9 Å². The standard InChI is InChI=1S/C30H37FN2O2/c1-3-5-7-8-9-11-12-23-14-16-25(17-15-23)30(34)35-26-18-19-27(28(31)20-26)29-32-21-24(22-33-29)13-10-6-4-2/h14-22H,3-13H2,1-2H3. The topological polar surface area (TPSA) is 52.1 Å². The van der Waals surface area contributed by atoms with Gasteiger partial charge in [-0.3, -0.25) is 0 Å². The molecule has 0 amide bonds. The van der Waals surface area contributed by atoms with Gasteiger partial charge in [-0.05, 0) is 61.1 Å². The highest BCUT2D eigenvalue weighted by atomic mass is 19.1. The molecule has 3 rings (SSSR count). The van der Waals surface area contributed by atoms with Crippen LogP contribution >= 0.6 is 0 Å². The van der Waals surface area contributed by atoms with Gasteiger partial charge in [-0.15, -0.1) is 0 Å². The van der Waals surface area contributed by atoms with Crippen LogP contribution in [0.25, 0.3) is 11.4 Å². The summed E-state index contributed by atoms with van der Waals surface area (Å²) in [5.74, 6) is -0.552. The number of hydrogen-bond acceptors (Lipinski definition) is 4. The molecule has 1 aromatic heterocycles. The molecule has 2 aromatic carbocycles. The lowest BCUT2D eigenvalue weighted by Gasteiger charge is -2.08. The maximum atomic E-state index is 14.7. The molecule has 186 valence electrons. The average molecular weight is 477 g/mol. The van der Waals surface area contributed by atoms with E-state index in [1.807, 2.05) is 12.1 Å². The second-order valence-electron chi connectivity index (χ2n) is 9.12. The van der Waals surface area contributed by atoms with Crippen molar-refractivity contribution < 1.29 is 13.9 Å². The van der Waals surface area contributed by atoms with E-state index >= 15 is 0 Å². The van der Waals surface area contributed by atoms with Gasteiger partial charge in [0.25, 0.3) is 0 Å². The minimum atomic E-state index is -0.525. The number of halogens is 1. The van der Waals surface area contributed by atoms with Crippen LogP contribution in [-0.4, -0.2) is 15.9 Å². The fourth-order valence-electron chi connectivity index (χ4n) is 4.03. The summed E-state index contributed by atoms with van der Waals surface area (Å²) in [4.78, 5) is 21.2. The molecule has 0 radical (unpaired) electrons. The predicted octanol–water partition coefficient (Wildman–Crippen LogP) is 8.14. The van der Waals surface area contributed by atoms with Gasteiger partial charge in [0.15, 0.2) is 5.82 Å². The van der Waals surface area contributed by atoms with E-state index in [1.54, 1.807) is 36.7 Å². The predicted molar refractivity (Wildman–Crippen MR) is 139 cm³/mol. The lowest BCUT2D eigenvalue weighted by atomic mass is 10.0. The molecule has 0 N–H and O–H groups in total. The van der Waals surface area contributed by atoms with Crippen molar-refractivity contribution in [3.63, 3.8) is 0 Å². The molecular weight excluding hydrogens is 439 g/mol. The molecule has 0 spiro atoms. The molecule has 0 aliphatic rings. The van der Waals surface area contributed by atoms with Crippen LogP contribution in [0.5, 0.6) is 5.75 Å². The SMILES string of the molecule is CCCCCCCCc1ccc(C(=O)Oc2ccc(-c3ncc(CCCCC)cn3)c(F)c2)cc1. The summed E-state index contributed by atoms with van der Waals surface area (Å²) in [6.45, 7) is 4.39.